The molecule has 1 N–H and O–H groups in total. The molecule has 0 bridgehead atoms. The zero-order chi connectivity index (χ0) is 21.5. The van der Waals surface area contributed by atoms with Crippen LogP contribution in [0, 0.1) is 23.1 Å². The number of likely N-dealkylation sites (tertiary alicyclic amines) is 1. The van der Waals surface area contributed by atoms with E-state index in [1.807, 2.05) is 24.3 Å². The Kier molecular flexibility index (Phi) is 5.75. The van der Waals surface area contributed by atoms with E-state index in [0.717, 1.165) is 36.6 Å². The second-order valence-electron chi connectivity index (χ2n) is 10.1. The molecule has 0 unspecified atom stereocenters. The monoisotopic (exact) mass is 413 g/mol. The molecule has 0 atom stereocenters. The Labute approximate surface area is 178 Å². The Bertz CT molecular complexity index is 922. The molecule has 30 heavy (non-hydrogen) atoms. The summed E-state index contributed by atoms with van der Waals surface area (Å²) in [5.41, 5.74) is 1.39. The van der Waals surface area contributed by atoms with E-state index >= 15 is 4.39 Å². The van der Waals surface area contributed by atoms with Crippen molar-refractivity contribution in [2.45, 2.75) is 59.1 Å². The van der Waals surface area contributed by atoms with E-state index in [1.165, 1.54) is 0 Å². The molecule has 2 aromatic rings. The first kappa shape index (κ1) is 21.1. The zero-order valence-electron chi connectivity index (χ0n) is 18.2. The van der Waals surface area contributed by atoms with Gasteiger partial charge in [-0.15, -0.1) is 0 Å². The molecule has 0 spiro atoms. The Morgan fingerprint density at radius 3 is 2.47 bits per heavy atom. The molecular formula is C25H32FNO3. The van der Waals surface area contributed by atoms with Gasteiger partial charge in [-0.25, -0.2) is 4.39 Å². The first-order valence-corrected chi connectivity index (χ1v) is 11.0. The van der Waals surface area contributed by atoms with Gasteiger partial charge in [0.25, 0.3) is 0 Å². The van der Waals surface area contributed by atoms with Crippen LogP contribution in [0.25, 0.3) is 10.8 Å². The van der Waals surface area contributed by atoms with Gasteiger partial charge < -0.3 is 9.84 Å². The lowest BCUT2D eigenvalue weighted by Crippen LogP contribution is -2.49. The van der Waals surface area contributed by atoms with E-state index in [2.05, 4.69) is 25.7 Å². The fourth-order valence-corrected chi connectivity index (χ4v) is 4.85. The van der Waals surface area contributed by atoms with Crippen molar-refractivity contribution in [2.75, 3.05) is 13.1 Å². The van der Waals surface area contributed by atoms with Crippen LogP contribution in [0.5, 0.6) is 5.75 Å². The number of carboxylic acids is 1. The number of carboxylic acid groups (broad SMARTS) is 1. The standard InChI is InChI=1S/C25H32FNO3/c1-25(2,3)19-6-8-20(9-7-19)30-22-11-5-17-12-16(4-10-21(17)23(22)26)13-27-14-18(15-27)24(28)29/h4-5,10-12,18-20H,6-9,13-15H2,1-3H3,(H,28,29). The highest BCUT2D eigenvalue weighted by molar-refractivity contribution is 5.85. The highest BCUT2D eigenvalue weighted by Crippen LogP contribution is 2.39. The maximum Gasteiger partial charge on any atom is 0.309 e. The fourth-order valence-electron chi connectivity index (χ4n) is 4.85. The lowest BCUT2D eigenvalue weighted by molar-refractivity contribution is -0.147. The second kappa shape index (κ2) is 8.18. The van der Waals surface area contributed by atoms with Gasteiger partial charge in [0.05, 0.1) is 12.0 Å². The number of fused-ring (bicyclic) bond motifs is 1. The van der Waals surface area contributed by atoms with Crippen molar-refractivity contribution >= 4 is 16.7 Å². The van der Waals surface area contributed by atoms with Crippen LogP contribution in [0.15, 0.2) is 30.3 Å². The minimum absolute atomic E-state index is 0.0865. The van der Waals surface area contributed by atoms with Crippen molar-refractivity contribution in [3.63, 3.8) is 0 Å². The topological polar surface area (TPSA) is 49.8 Å². The van der Waals surface area contributed by atoms with Gasteiger partial charge in [0.15, 0.2) is 11.6 Å². The summed E-state index contributed by atoms with van der Waals surface area (Å²) in [5.74, 6) is -0.227. The maximum absolute atomic E-state index is 15.1. The maximum atomic E-state index is 15.1. The predicted octanol–water partition coefficient (Wildman–Crippen LogP) is 5.48. The van der Waals surface area contributed by atoms with Crippen LogP contribution in [0.2, 0.25) is 0 Å². The van der Waals surface area contributed by atoms with Crippen molar-refractivity contribution in [1.82, 2.24) is 4.90 Å². The first-order valence-electron chi connectivity index (χ1n) is 11.0. The summed E-state index contributed by atoms with van der Waals surface area (Å²) < 4.78 is 21.2. The summed E-state index contributed by atoms with van der Waals surface area (Å²) >= 11 is 0. The van der Waals surface area contributed by atoms with Gasteiger partial charge in [0, 0.05) is 25.0 Å². The molecule has 4 rings (SSSR count). The minimum atomic E-state index is -0.730. The Morgan fingerprint density at radius 2 is 1.83 bits per heavy atom. The summed E-state index contributed by atoms with van der Waals surface area (Å²) in [7, 11) is 0. The predicted molar refractivity (Wildman–Crippen MR) is 116 cm³/mol. The molecule has 1 saturated carbocycles. The summed E-state index contributed by atoms with van der Waals surface area (Å²) in [6, 6.07) is 9.41. The van der Waals surface area contributed by atoms with E-state index in [4.69, 9.17) is 9.84 Å². The van der Waals surface area contributed by atoms with Gasteiger partial charge in [0.2, 0.25) is 0 Å². The molecule has 4 nitrogen and oxygen atoms in total. The summed E-state index contributed by atoms with van der Waals surface area (Å²) in [6.45, 7) is 8.72. The number of rotatable bonds is 5. The molecule has 0 aromatic heterocycles. The van der Waals surface area contributed by atoms with Crippen molar-refractivity contribution in [2.24, 2.45) is 17.3 Å². The smallest absolute Gasteiger partial charge is 0.309 e. The third kappa shape index (κ3) is 4.46. The lowest BCUT2D eigenvalue weighted by Gasteiger charge is -2.37. The first-order chi connectivity index (χ1) is 14.2. The van der Waals surface area contributed by atoms with Crippen molar-refractivity contribution in [1.29, 1.82) is 0 Å². The molecule has 162 valence electrons. The highest BCUT2D eigenvalue weighted by Gasteiger charge is 2.32. The van der Waals surface area contributed by atoms with E-state index in [9.17, 15) is 4.79 Å². The summed E-state index contributed by atoms with van der Waals surface area (Å²) in [4.78, 5) is 13.0. The average Bonchev–Trinajstić information content (AvgIpc) is 2.66. The Morgan fingerprint density at radius 1 is 1.13 bits per heavy atom. The highest BCUT2D eigenvalue weighted by atomic mass is 19.1. The van der Waals surface area contributed by atoms with Gasteiger partial charge in [-0.05, 0) is 60.1 Å². The largest absolute Gasteiger partial charge is 0.487 e. The molecule has 5 heteroatoms. The third-order valence-electron chi connectivity index (χ3n) is 6.89. The average molecular weight is 414 g/mol. The number of hydrogen-bond acceptors (Lipinski definition) is 3. The number of ether oxygens (including phenoxy) is 1. The number of aliphatic carboxylic acids is 1. The molecule has 1 saturated heterocycles. The zero-order valence-corrected chi connectivity index (χ0v) is 18.2. The summed E-state index contributed by atoms with van der Waals surface area (Å²) in [5, 5.41) is 10.4. The molecule has 2 aromatic carbocycles. The number of benzene rings is 2. The van der Waals surface area contributed by atoms with Crippen LogP contribution >= 0.6 is 0 Å². The normalized spacial score (nSPS) is 23.3. The molecule has 2 fully saturated rings. The third-order valence-corrected chi connectivity index (χ3v) is 6.89. The second-order valence-corrected chi connectivity index (χ2v) is 10.1. The van der Waals surface area contributed by atoms with Crippen LogP contribution in [0.3, 0.4) is 0 Å². The van der Waals surface area contributed by atoms with Gasteiger partial charge >= 0.3 is 5.97 Å². The molecule has 1 aliphatic heterocycles. The van der Waals surface area contributed by atoms with Crippen LogP contribution < -0.4 is 4.74 Å². The van der Waals surface area contributed by atoms with Gasteiger partial charge in [-0.3, -0.25) is 9.69 Å². The van der Waals surface area contributed by atoms with E-state index in [0.29, 0.717) is 42.1 Å². The molecule has 0 radical (unpaired) electrons. The molecule has 1 heterocycles. The number of hydrogen-bond donors (Lipinski definition) is 1. The van der Waals surface area contributed by atoms with Crippen LogP contribution in [-0.2, 0) is 11.3 Å². The van der Waals surface area contributed by atoms with Crippen LogP contribution in [-0.4, -0.2) is 35.2 Å². The van der Waals surface area contributed by atoms with Crippen LogP contribution in [0.4, 0.5) is 4.39 Å². The van der Waals surface area contributed by atoms with Gasteiger partial charge in [-0.2, -0.15) is 0 Å². The quantitative estimate of drug-likeness (QED) is 0.705. The van der Waals surface area contributed by atoms with Crippen molar-refractivity contribution in [3.8, 4) is 5.75 Å². The molecule has 2 aliphatic rings. The number of nitrogens with zero attached hydrogens (tertiary/aromatic N) is 1. The van der Waals surface area contributed by atoms with Crippen molar-refractivity contribution < 1.29 is 19.0 Å². The molecular weight excluding hydrogens is 381 g/mol. The van der Waals surface area contributed by atoms with Crippen LogP contribution in [0.1, 0.15) is 52.0 Å². The van der Waals surface area contributed by atoms with Crippen molar-refractivity contribution in [3.05, 3.63) is 41.7 Å². The Balaban J connectivity index is 1.40. The SMILES string of the molecule is CC(C)(C)C1CCC(Oc2ccc3cc(CN4CC(C(=O)O)C4)ccc3c2F)CC1. The molecule has 1 aliphatic carbocycles. The van der Waals surface area contributed by atoms with E-state index in [1.54, 1.807) is 6.07 Å². The summed E-state index contributed by atoms with van der Waals surface area (Å²) in [6.07, 6.45) is 4.30. The van der Waals surface area contributed by atoms with E-state index in [-0.39, 0.29) is 17.8 Å². The lowest BCUT2D eigenvalue weighted by atomic mass is 9.72. The Hall–Kier alpha value is -2.14. The fraction of sp³-hybridized carbons (Fsp3) is 0.560. The van der Waals surface area contributed by atoms with Gasteiger partial charge in [0.1, 0.15) is 0 Å². The molecule has 0 amide bonds. The number of halogens is 1. The van der Waals surface area contributed by atoms with E-state index < -0.39 is 5.97 Å². The minimum Gasteiger partial charge on any atom is -0.487 e. The van der Waals surface area contributed by atoms with Gasteiger partial charge in [-0.1, -0.05) is 39.0 Å². The number of carbonyl (C=O) groups is 1.